The third kappa shape index (κ3) is 2.20. The van der Waals surface area contributed by atoms with Gasteiger partial charge in [-0.25, -0.2) is 0 Å². The van der Waals surface area contributed by atoms with Crippen molar-refractivity contribution in [1.29, 1.82) is 0 Å². The second-order valence-electron chi connectivity index (χ2n) is 4.06. The van der Waals surface area contributed by atoms with Crippen LogP contribution in [0.3, 0.4) is 0 Å². The van der Waals surface area contributed by atoms with E-state index in [0.717, 1.165) is 23.7 Å². The lowest BCUT2D eigenvalue weighted by molar-refractivity contribution is 0.0935. The fourth-order valence-corrected chi connectivity index (χ4v) is 2.15. The van der Waals surface area contributed by atoms with E-state index in [4.69, 9.17) is 0 Å². The highest BCUT2D eigenvalue weighted by Crippen LogP contribution is 2.37. The summed E-state index contributed by atoms with van der Waals surface area (Å²) in [7, 11) is 0. The SMILES string of the molecule is Cc1ccncc1C(=O)NC1(CBr)CC1. The molecule has 0 bridgehead atoms. The van der Waals surface area contributed by atoms with E-state index in [-0.39, 0.29) is 11.4 Å². The van der Waals surface area contributed by atoms with E-state index >= 15 is 0 Å². The predicted molar refractivity (Wildman–Crippen MR) is 62.2 cm³/mol. The maximum absolute atomic E-state index is 11.9. The summed E-state index contributed by atoms with van der Waals surface area (Å²) in [6.45, 7) is 1.92. The van der Waals surface area contributed by atoms with Gasteiger partial charge in [-0.2, -0.15) is 0 Å². The Morgan fingerprint density at radius 2 is 2.40 bits per heavy atom. The van der Waals surface area contributed by atoms with E-state index < -0.39 is 0 Å². The van der Waals surface area contributed by atoms with Crippen molar-refractivity contribution < 1.29 is 4.79 Å². The van der Waals surface area contributed by atoms with Gasteiger partial charge in [0.2, 0.25) is 0 Å². The molecule has 1 aliphatic carbocycles. The number of carbonyl (C=O) groups excluding carboxylic acids is 1. The van der Waals surface area contributed by atoms with Crippen LogP contribution in [-0.4, -0.2) is 21.8 Å². The largest absolute Gasteiger partial charge is 0.346 e. The molecule has 3 nitrogen and oxygen atoms in total. The van der Waals surface area contributed by atoms with Gasteiger partial charge in [-0.15, -0.1) is 0 Å². The second-order valence-corrected chi connectivity index (χ2v) is 4.62. The van der Waals surface area contributed by atoms with Crippen LogP contribution in [0.4, 0.5) is 0 Å². The molecule has 1 aliphatic rings. The third-order valence-electron chi connectivity index (χ3n) is 2.77. The smallest absolute Gasteiger partial charge is 0.253 e. The number of pyridine rings is 1. The van der Waals surface area contributed by atoms with Crippen molar-refractivity contribution in [2.75, 3.05) is 5.33 Å². The number of aryl methyl sites for hydroxylation is 1. The monoisotopic (exact) mass is 268 g/mol. The highest BCUT2D eigenvalue weighted by molar-refractivity contribution is 9.09. The molecule has 1 N–H and O–H groups in total. The Balaban J connectivity index is 2.12. The lowest BCUT2D eigenvalue weighted by Crippen LogP contribution is -2.38. The Hall–Kier alpha value is -0.900. The van der Waals surface area contributed by atoms with Crippen molar-refractivity contribution in [2.45, 2.75) is 25.3 Å². The van der Waals surface area contributed by atoms with Crippen molar-refractivity contribution >= 4 is 21.8 Å². The van der Waals surface area contributed by atoms with E-state index in [1.807, 2.05) is 13.0 Å². The number of halogens is 1. The zero-order chi connectivity index (χ0) is 10.9. The predicted octanol–water partition coefficient (Wildman–Crippen LogP) is 2.05. The van der Waals surface area contributed by atoms with Crippen molar-refractivity contribution in [3.8, 4) is 0 Å². The van der Waals surface area contributed by atoms with Crippen LogP contribution >= 0.6 is 15.9 Å². The minimum Gasteiger partial charge on any atom is -0.346 e. The quantitative estimate of drug-likeness (QED) is 0.853. The number of nitrogens with one attached hydrogen (secondary N) is 1. The first kappa shape index (κ1) is 10.6. The average molecular weight is 269 g/mol. The van der Waals surface area contributed by atoms with E-state index in [2.05, 4.69) is 26.2 Å². The van der Waals surface area contributed by atoms with Crippen molar-refractivity contribution in [2.24, 2.45) is 0 Å². The Morgan fingerprint density at radius 3 is 2.93 bits per heavy atom. The van der Waals surface area contributed by atoms with E-state index in [1.54, 1.807) is 12.4 Å². The summed E-state index contributed by atoms with van der Waals surface area (Å²) in [5.41, 5.74) is 1.64. The molecule has 1 amide bonds. The molecule has 1 aromatic rings. The number of rotatable bonds is 3. The minimum absolute atomic E-state index is 0.000630. The van der Waals surface area contributed by atoms with Crippen LogP contribution in [0.2, 0.25) is 0 Å². The molecule has 0 unspecified atom stereocenters. The van der Waals surface area contributed by atoms with Gasteiger partial charge in [0.1, 0.15) is 0 Å². The number of amides is 1. The Kier molecular flexibility index (Phi) is 2.78. The Morgan fingerprint density at radius 1 is 1.67 bits per heavy atom. The maximum Gasteiger partial charge on any atom is 0.253 e. The van der Waals surface area contributed by atoms with Gasteiger partial charge in [0.15, 0.2) is 0 Å². The van der Waals surface area contributed by atoms with Gasteiger partial charge in [-0.05, 0) is 31.4 Å². The number of carbonyl (C=O) groups is 1. The molecule has 4 heteroatoms. The van der Waals surface area contributed by atoms with Crippen LogP contribution < -0.4 is 5.32 Å². The molecular weight excluding hydrogens is 256 g/mol. The second kappa shape index (κ2) is 3.93. The van der Waals surface area contributed by atoms with Crippen molar-refractivity contribution in [3.05, 3.63) is 29.6 Å². The van der Waals surface area contributed by atoms with Crippen LogP contribution in [0.25, 0.3) is 0 Å². The number of aromatic nitrogens is 1. The van der Waals surface area contributed by atoms with Gasteiger partial charge in [0.25, 0.3) is 5.91 Å². The summed E-state index contributed by atoms with van der Waals surface area (Å²) >= 11 is 3.42. The molecule has 0 atom stereocenters. The van der Waals surface area contributed by atoms with Crippen LogP contribution in [0.1, 0.15) is 28.8 Å². The van der Waals surface area contributed by atoms with Gasteiger partial charge < -0.3 is 5.32 Å². The van der Waals surface area contributed by atoms with Gasteiger partial charge >= 0.3 is 0 Å². The van der Waals surface area contributed by atoms with Crippen LogP contribution in [0.5, 0.6) is 0 Å². The minimum atomic E-state index is -0.0162. The lowest BCUT2D eigenvalue weighted by atomic mass is 10.1. The molecule has 0 aromatic carbocycles. The molecular formula is C11H13BrN2O. The average Bonchev–Trinajstić information content (AvgIpc) is 2.99. The molecule has 0 saturated heterocycles. The molecule has 2 rings (SSSR count). The molecule has 15 heavy (non-hydrogen) atoms. The molecule has 1 fully saturated rings. The highest BCUT2D eigenvalue weighted by atomic mass is 79.9. The number of alkyl halides is 1. The summed E-state index contributed by atoms with van der Waals surface area (Å²) in [6, 6.07) is 1.85. The summed E-state index contributed by atoms with van der Waals surface area (Å²) in [4.78, 5) is 15.9. The third-order valence-corrected chi connectivity index (χ3v) is 3.85. The van der Waals surface area contributed by atoms with Gasteiger partial charge in [-0.3, -0.25) is 9.78 Å². The van der Waals surface area contributed by atoms with Crippen molar-refractivity contribution in [1.82, 2.24) is 10.3 Å². The van der Waals surface area contributed by atoms with Crippen LogP contribution in [0.15, 0.2) is 18.5 Å². The topological polar surface area (TPSA) is 42.0 Å². The highest BCUT2D eigenvalue weighted by Gasteiger charge is 2.43. The summed E-state index contributed by atoms with van der Waals surface area (Å²) < 4.78 is 0. The first-order valence-electron chi connectivity index (χ1n) is 4.96. The van der Waals surface area contributed by atoms with Crippen molar-refractivity contribution in [3.63, 3.8) is 0 Å². The summed E-state index contributed by atoms with van der Waals surface area (Å²) in [5, 5.41) is 3.87. The van der Waals surface area contributed by atoms with E-state index in [0.29, 0.717) is 5.56 Å². The van der Waals surface area contributed by atoms with Gasteiger partial charge in [0, 0.05) is 17.7 Å². The standard InChI is InChI=1S/C11H13BrN2O/c1-8-2-5-13-6-9(8)10(15)14-11(7-12)3-4-11/h2,5-6H,3-4,7H2,1H3,(H,14,15). The molecule has 80 valence electrons. The summed E-state index contributed by atoms with van der Waals surface area (Å²) in [5.74, 6) is -0.0162. The molecule has 0 aliphatic heterocycles. The zero-order valence-corrected chi connectivity index (χ0v) is 10.2. The Labute approximate surface area is 97.4 Å². The number of hydrogen-bond acceptors (Lipinski definition) is 2. The first-order chi connectivity index (χ1) is 7.17. The van der Waals surface area contributed by atoms with Crippen LogP contribution in [-0.2, 0) is 0 Å². The lowest BCUT2D eigenvalue weighted by Gasteiger charge is -2.14. The molecule has 0 radical (unpaired) electrons. The fraction of sp³-hybridized carbons (Fsp3) is 0.455. The van der Waals surface area contributed by atoms with E-state index in [9.17, 15) is 4.79 Å². The fourth-order valence-electron chi connectivity index (χ4n) is 1.45. The molecule has 0 spiro atoms. The van der Waals surface area contributed by atoms with Gasteiger partial charge in [0.05, 0.1) is 11.1 Å². The van der Waals surface area contributed by atoms with Crippen LogP contribution in [0, 0.1) is 6.92 Å². The molecule has 1 saturated carbocycles. The zero-order valence-electron chi connectivity index (χ0n) is 8.59. The summed E-state index contributed by atoms with van der Waals surface area (Å²) in [6.07, 6.45) is 5.44. The normalized spacial score (nSPS) is 17.2. The molecule has 1 heterocycles. The first-order valence-corrected chi connectivity index (χ1v) is 6.08. The van der Waals surface area contributed by atoms with E-state index in [1.165, 1.54) is 0 Å². The van der Waals surface area contributed by atoms with Gasteiger partial charge in [-0.1, -0.05) is 15.9 Å². The Bertz CT molecular complexity index is 388. The maximum atomic E-state index is 11.9. The molecule has 1 aromatic heterocycles. The number of hydrogen-bond donors (Lipinski definition) is 1. The number of nitrogens with zero attached hydrogens (tertiary/aromatic N) is 1.